The Morgan fingerprint density at radius 2 is 1.79 bits per heavy atom. The van der Waals surface area contributed by atoms with Crippen molar-refractivity contribution >= 4 is 51.8 Å². The van der Waals surface area contributed by atoms with Gasteiger partial charge in [0.05, 0.1) is 10.6 Å². The summed E-state index contributed by atoms with van der Waals surface area (Å²) in [6, 6.07) is 8.75. The maximum absolute atomic E-state index is 14.4. The van der Waals surface area contributed by atoms with E-state index in [4.69, 9.17) is 12.2 Å². The number of piperazine rings is 1. The molecule has 4 rings (SSSR count). The van der Waals surface area contributed by atoms with Crippen molar-refractivity contribution in [2.75, 3.05) is 42.5 Å². The van der Waals surface area contributed by atoms with Crippen LogP contribution < -0.4 is 15.4 Å². The number of anilines is 2. The van der Waals surface area contributed by atoms with Crippen LogP contribution >= 0.6 is 24.0 Å². The first-order valence-electron chi connectivity index (χ1n) is 12.9. The fourth-order valence-corrected chi connectivity index (χ4v) is 6.27. The summed E-state index contributed by atoms with van der Waals surface area (Å²) in [4.78, 5) is 32.6. The molecule has 0 saturated carbocycles. The number of hydrogen-bond acceptors (Lipinski definition) is 7. The quantitative estimate of drug-likeness (QED) is 0.264. The molecular weight excluding hydrogens is 521 g/mol. The van der Waals surface area contributed by atoms with E-state index in [-0.39, 0.29) is 22.8 Å². The number of aromatic nitrogens is 1. The Hall–Kier alpha value is -3.16. The third kappa shape index (κ3) is 5.49. The summed E-state index contributed by atoms with van der Waals surface area (Å²) in [5.41, 5.74) is 1.43. The minimum Gasteiger partial charge on any atom is -0.366 e. The van der Waals surface area contributed by atoms with E-state index < -0.39 is 0 Å². The molecule has 0 atom stereocenters. The summed E-state index contributed by atoms with van der Waals surface area (Å²) in [7, 11) is 1.65. The number of hydrogen-bond donors (Lipinski definition) is 0. The first-order chi connectivity index (χ1) is 18.3. The fourth-order valence-electron chi connectivity index (χ4n) is 4.98. The Labute approximate surface area is 232 Å². The monoisotopic (exact) mass is 553 g/mol. The number of unbranched alkanes of at least 4 members (excludes halogenated alkanes) is 3. The summed E-state index contributed by atoms with van der Waals surface area (Å²) < 4.78 is 16.4. The zero-order valence-electron chi connectivity index (χ0n) is 22.0. The Bertz CT molecular complexity index is 1370. The van der Waals surface area contributed by atoms with Gasteiger partial charge in [-0.1, -0.05) is 62.3 Å². The second kappa shape index (κ2) is 12.1. The molecule has 0 bridgehead atoms. The Morgan fingerprint density at radius 3 is 2.45 bits per heavy atom. The van der Waals surface area contributed by atoms with Gasteiger partial charge in [0.1, 0.15) is 27.6 Å². The highest BCUT2D eigenvalue weighted by atomic mass is 32.2. The molecule has 0 aliphatic carbocycles. The maximum atomic E-state index is 14.4. The molecule has 2 aliphatic heterocycles. The molecule has 0 unspecified atom stereocenters. The lowest BCUT2D eigenvalue weighted by atomic mass is 10.0. The van der Waals surface area contributed by atoms with E-state index in [0.717, 1.165) is 25.7 Å². The van der Waals surface area contributed by atoms with Gasteiger partial charge in [0.2, 0.25) is 0 Å². The molecule has 1 aromatic heterocycles. The largest absolute Gasteiger partial charge is 0.366 e. The molecule has 2 aliphatic rings. The van der Waals surface area contributed by atoms with Gasteiger partial charge >= 0.3 is 0 Å². The van der Waals surface area contributed by atoms with Gasteiger partial charge in [-0.15, -0.1) is 0 Å². The zero-order chi connectivity index (χ0) is 27.4. The molecule has 0 N–H and O–H groups in total. The molecule has 0 spiro atoms. The third-order valence-electron chi connectivity index (χ3n) is 7.12. The van der Waals surface area contributed by atoms with Crippen LogP contribution in [0.4, 0.5) is 15.9 Å². The average molecular weight is 554 g/mol. The van der Waals surface area contributed by atoms with Crippen LogP contribution in [0.25, 0.3) is 6.08 Å². The summed E-state index contributed by atoms with van der Waals surface area (Å²) in [5.74, 6) is 0.242. The first-order valence-corrected chi connectivity index (χ1v) is 14.1. The van der Waals surface area contributed by atoms with E-state index in [1.807, 2.05) is 17.0 Å². The van der Waals surface area contributed by atoms with Crippen molar-refractivity contribution in [3.05, 3.63) is 62.0 Å². The second-order valence-corrected chi connectivity index (χ2v) is 11.2. The number of thiocarbonyl (C=S) groups is 1. The van der Waals surface area contributed by atoms with Gasteiger partial charge in [0.15, 0.2) is 0 Å². The van der Waals surface area contributed by atoms with Crippen LogP contribution in [0.1, 0.15) is 49.3 Å². The number of rotatable bonds is 8. The van der Waals surface area contributed by atoms with Gasteiger partial charge in [-0.3, -0.25) is 19.1 Å². The number of carbonyl (C=O) groups excluding carboxylic acids is 1. The van der Waals surface area contributed by atoms with Crippen molar-refractivity contribution in [1.29, 1.82) is 5.26 Å². The molecule has 2 saturated heterocycles. The number of nitriles is 1. The summed E-state index contributed by atoms with van der Waals surface area (Å²) in [6.45, 7) is 6.70. The van der Waals surface area contributed by atoms with Gasteiger partial charge in [-0.2, -0.15) is 5.26 Å². The topological polar surface area (TPSA) is 72.6 Å². The Balaban J connectivity index is 1.66. The van der Waals surface area contributed by atoms with Crippen LogP contribution in [-0.2, 0) is 11.8 Å². The molecule has 10 heteroatoms. The van der Waals surface area contributed by atoms with Crippen LogP contribution in [0.15, 0.2) is 34.0 Å². The van der Waals surface area contributed by atoms with Crippen molar-refractivity contribution in [1.82, 2.24) is 9.47 Å². The molecule has 0 radical (unpaired) electrons. The highest BCUT2D eigenvalue weighted by Crippen LogP contribution is 2.36. The Kier molecular flexibility index (Phi) is 8.90. The maximum Gasteiger partial charge on any atom is 0.270 e. The molecule has 2 fully saturated rings. The van der Waals surface area contributed by atoms with Crippen LogP contribution in [0, 0.1) is 24.1 Å². The molecular formula is C28H32FN5O2S2. The number of amides is 1. The van der Waals surface area contributed by atoms with Gasteiger partial charge in [-0.05, 0) is 37.1 Å². The van der Waals surface area contributed by atoms with Crippen LogP contribution in [0.5, 0.6) is 0 Å². The van der Waals surface area contributed by atoms with E-state index >= 15 is 0 Å². The van der Waals surface area contributed by atoms with E-state index in [9.17, 15) is 19.2 Å². The highest BCUT2D eigenvalue weighted by Gasteiger charge is 2.33. The van der Waals surface area contributed by atoms with Crippen molar-refractivity contribution < 1.29 is 9.18 Å². The molecule has 3 heterocycles. The number of halogens is 1. The molecule has 1 aromatic carbocycles. The summed E-state index contributed by atoms with van der Waals surface area (Å²) in [5, 5.41) is 9.73. The van der Waals surface area contributed by atoms with Crippen molar-refractivity contribution in [2.24, 2.45) is 7.05 Å². The number of nitrogens with zero attached hydrogens (tertiary/aromatic N) is 5. The lowest BCUT2D eigenvalue weighted by Gasteiger charge is -2.38. The molecule has 1 amide bonds. The SMILES string of the molecule is CCCCCCN1C(=O)C(=Cc2c(C)c(C#N)c(=O)n(C)c2N2CCN(c3ccccc3F)CC2)SC1=S. The van der Waals surface area contributed by atoms with Gasteiger partial charge in [-0.25, -0.2) is 4.39 Å². The summed E-state index contributed by atoms with van der Waals surface area (Å²) in [6.07, 6.45) is 5.94. The highest BCUT2D eigenvalue weighted by molar-refractivity contribution is 8.26. The molecule has 38 heavy (non-hydrogen) atoms. The average Bonchev–Trinajstić information content (AvgIpc) is 3.18. The van der Waals surface area contributed by atoms with Crippen LogP contribution in [0.2, 0.25) is 0 Å². The lowest BCUT2D eigenvalue weighted by molar-refractivity contribution is -0.122. The molecule has 2 aromatic rings. The van der Waals surface area contributed by atoms with Gasteiger partial charge in [0, 0.05) is 45.3 Å². The van der Waals surface area contributed by atoms with Crippen molar-refractivity contribution in [3.8, 4) is 6.07 Å². The van der Waals surface area contributed by atoms with E-state index in [1.165, 1.54) is 22.4 Å². The number of para-hydroxylation sites is 1. The first kappa shape index (κ1) is 27.9. The predicted molar refractivity (Wildman–Crippen MR) is 156 cm³/mol. The standard InChI is InChI=1S/C28H32FN5O2S2/c1-4-5-6-9-12-34-27(36)24(38-28(34)37)17-20-19(2)21(18-30)26(35)31(3)25(20)33-15-13-32(14-16-33)23-11-8-7-10-22(23)29/h7-8,10-11,17H,4-6,9,12-16H2,1-3H3. The Morgan fingerprint density at radius 1 is 1.11 bits per heavy atom. The van der Waals surface area contributed by atoms with E-state index in [2.05, 4.69) is 11.8 Å². The number of pyridine rings is 1. The normalized spacial score (nSPS) is 17.0. The number of carbonyl (C=O) groups is 1. The van der Waals surface area contributed by atoms with Crippen molar-refractivity contribution in [3.63, 3.8) is 0 Å². The smallest absolute Gasteiger partial charge is 0.270 e. The van der Waals surface area contributed by atoms with Gasteiger partial charge < -0.3 is 9.80 Å². The van der Waals surface area contributed by atoms with Gasteiger partial charge in [0.25, 0.3) is 11.5 Å². The second-order valence-electron chi connectivity index (χ2n) is 9.53. The van der Waals surface area contributed by atoms with Crippen molar-refractivity contribution in [2.45, 2.75) is 39.5 Å². The van der Waals surface area contributed by atoms with Crippen LogP contribution in [-0.4, -0.2) is 52.4 Å². The van der Waals surface area contributed by atoms with E-state index in [0.29, 0.717) is 64.6 Å². The van der Waals surface area contributed by atoms with Crippen LogP contribution in [0.3, 0.4) is 0 Å². The van der Waals surface area contributed by atoms with E-state index in [1.54, 1.807) is 37.1 Å². The zero-order valence-corrected chi connectivity index (χ0v) is 23.6. The minimum absolute atomic E-state index is 0.0579. The number of thioether (sulfide) groups is 1. The summed E-state index contributed by atoms with van der Waals surface area (Å²) >= 11 is 6.78. The molecule has 200 valence electrons. The number of benzene rings is 1. The molecule has 7 nitrogen and oxygen atoms in total. The minimum atomic E-state index is -0.378. The predicted octanol–water partition coefficient (Wildman–Crippen LogP) is 4.81. The lowest BCUT2D eigenvalue weighted by Crippen LogP contribution is -2.48. The third-order valence-corrected chi connectivity index (χ3v) is 8.50. The fraction of sp³-hybridized carbons (Fsp3) is 0.429.